The summed E-state index contributed by atoms with van der Waals surface area (Å²) < 4.78 is 14.6. The molecule has 4 nitrogen and oxygen atoms in total. The minimum absolute atomic E-state index is 0.209. The van der Waals surface area contributed by atoms with Gasteiger partial charge in [0.1, 0.15) is 5.82 Å². The van der Waals surface area contributed by atoms with E-state index in [1.165, 1.54) is 17.8 Å². The van der Waals surface area contributed by atoms with Crippen LogP contribution in [-0.2, 0) is 4.79 Å². The Morgan fingerprint density at radius 1 is 1.14 bits per heavy atom. The lowest BCUT2D eigenvalue weighted by molar-refractivity contribution is -0.115. The van der Waals surface area contributed by atoms with E-state index in [0.717, 1.165) is 48.3 Å². The topological polar surface area (TPSA) is 44.7 Å². The molecule has 0 saturated carbocycles. The van der Waals surface area contributed by atoms with E-state index in [1.807, 2.05) is 44.2 Å². The molecule has 2 heterocycles. The normalized spacial score (nSPS) is 19.7. The van der Waals surface area contributed by atoms with Crippen molar-refractivity contribution in [3.63, 3.8) is 0 Å². The number of amidine groups is 1. The Morgan fingerprint density at radius 2 is 1.86 bits per heavy atom. The fourth-order valence-electron chi connectivity index (χ4n) is 3.40. The van der Waals surface area contributed by atoms with E-state index < -0.39 is 0 Å². The molecule has 2 fully saturated rings. The summed E-state index contributed by atoms with van der Waals surface area (Å²) in [7, 11) is 0. The molecule has 2 aromatic rings. The van der Waals surface area contributed by atoms with E-state index in [9.17, 15) is 9.18 Å². The summed E-state index contributed by atoms with van der Waals surface area (Å²) in [5, 5.41) is 3.32. The third-order valence-electron chi connectivity index (χ3n) is 4.98. The SMILES string of the molecule is Cc1ccc(N=C2NC(=O)/C(=C/c3cc(F)c(N4CCCC4)cc3C)S2)cc1. The Balaban J connectivity index is 1.57. The molecule has 0 aliphatic carbocycles. The maximum absolute atomic E-state index is 14.6. The fourth-order valence-corrected chi connectivity index (χ4v) is 4.23. The summed E-state index contributed by atoms with van der Waals surface area (Å²) in [4.78, 5) is 19.4. The molecule has 2 saturated heterocycles. The fraction of sp³-hybridized carbons (Fsp3) is 0.273. The van der Waals surface area contributed by atoms with Gasteiger partial charge in [0.25, 0.3) is 5.91 Å². The second-order valence-electron chi connectivity index (χ2n) is 7.17. The first kappa shape index (κ1) is 18.7. The van der Waals surface area contributed by atoms with Gasteiger partial charge in [-0.1, -0.05) is 17.7 Å². The summed E-state index contributed by atoms with van der Waals surface area (Å²) in [5.74, 6) is -0.449. The first-order chi connectivity index (χ1) is 13.5. The predicted molar refractivity (Wildman–Crippen MR) is 115 cm³/mol. The molecule has 0 spiro atoms. The summed E-state index contributed by atoms with van der Waals surface area (Å²) in [6, 6.07) is 11.2. The number of aliphatic imine (C=N–C) groups is 1. The molecule has 4 rings (SSSR count). The minimum Gasteiger partial charge on any atom is -0.369 e. The number of carbonyl (C=O) groups excluding carboxylic acids is 1. The molecule has 28 heavy (non-hydrogen) atoms. The van der Waals surface area contributed by atoms with Crippen LogP contribution in [0.5, 0.6) is 0 Å². The van der Waals surface area contributed by atoms with Gasteiger partial charge < -0.3 is 10.2 Å². The minimum atomic E-state index is -0.240. The first-order valence-corrected chi connectivity index (χ1v) is 10.2. The molecule has 0 bridgehead atoms. The zero-order chi connectivity index (χ0) is 19.7. The second-order valence-corrected chi connectivity index (χ2v) is 8.20. The highest BCUT2D eigenvalue weighted by atomic mass is 32.2. The van der Waals surface area contributed by atoms with Gasteiger partial charge in [-0.2, -0.15) is 0 Å². The second kappa shape index (κ2) is 7.80. The maximum Gasteiger partial charge on any atom is 0.264 e. The number of amides is 1. The third-order valence-corrected chi connectivity index (χ3v) is 5.89. The van der Waals surface area contributed by atoms with Crippen LogP contribution in [0, 0.1) is 19.7 Å². The van der Waals surface area contributed by atoms with Crippen molar-refractivity contribution in [2.24, 2.45) is 4.99 Å². The number of rotatable bonds is 3. The van der Waals surface area contributed by atoms with Crippen LogP contribution in [0.15, 0.2) is 46.3 Å². The smallest absolute Gasteiger partial charge is 0.264 e. The van der Waals surface area contributed by atoms with Crippen molar-refractivity contribution in [3.05, 3.63) is 63.8 Å². The number of thioether (sulfide) groups is 1. The van der Waals surface area contributed by atoms with Gasteiger partial charge in [-0.15, -0.1) is 0 Å². The molecular weight excluding hydrogens is 373 g/mol. The standard InChI is InChI=1S/C22H22FN3OS/c1-14-5-7-17(8-6-14)24-22-25-21(27)20(28-22)13-16-12-18(23)19(11-15(16)2)26-9-3-4-10-26/h5-8,11-13H,3-4,9-10H2,1-2H3,(H,24,25,27)/b20-13-. The molecule has 2 aromatic carbocycles. The van der Waals surface area contributed by atoms with Crippen molar-refractivity contribution < 1.29 is 9.18 Å². The quantitative estimate of drug-likeness (QED) is 0.749. The van der Waals surface area contributed by atoms with E-state index in [-0.39, 0.29) is 11.7 Å². The molecule has 0 unspecified atom stereocenters. The molecule has 144 valence electrons. The van der Waals surface area contributed by atoms with Gasteiger partial charge in [-0.3, -0.25) is 4.79 Å². The van der Waals surface area contributed by atoms with Gasteiger partial charge in [0.15, 0.2) is 5.17 Å². The van der Waals surface area contributed by atoms with Crippen LogP contribution < -0.4 is 10.2 Å². The molecule has 0 atom stereocenters. The monoisotopic (exact) mass is 395 g/mol. The Hall–Kier alpha value is -2.60. The van der Waals surface area contributed by atoms with Crippen LogP contribution in [0.25, 0.3) is 6.08 Å². The number of benzene rings is 2. The van der Waals surface area contributed by atoms with Crippen LogP contribution in [-0.4, -0.2) is 24.2 Å². The summed E-state index contributed by atoms with van der Waals surface area (Å²) in [5.41, 5.74) is 4.26. The van der Waals surface area contributed by atoms with Crippen LogP contribution in [0.4, 0.5) is 15.8 Å². The van der Waals surface area contributed by atoms with E-state index in [1.54, 1.807) is 6.08 Å². The highest BCUT2D eigenvalue weighted by Gasteiger charge is 2.24. The van der Waals surface area contributed by atoms with E-state index >= 15 is 0 Å². The number of nitrogens with one attached hydrogen (secondary N) is 1. The molecular formula is C22H22FN3OS. The van der Waals surface area contributed by atoms with E-state index in [4.69, 9.17) is 0 Å². The van der Waals surface area contributed by atoms with Gasteiger partial charge in [0.05, 0.1) is 16.3 Å². The number of carbonyl (C=O) groups is 1. The Morgan fingerprint density at radius 3 is 2.57 bits per heavy atom. The van der Waals surface area contributed by atoms with Gasteiger partial charge >= 0.3 is 0 Å². The van der Waals surface area contributed by atoms with Crippen molar-refractivity contribution in [3.8, 4) is 0 Å². The molecule has 0 aromatic heterocycles. The molecule has 0 radical (unpaired) electrons. The molecule has 6 heteroatoms. The number of hydrogen-bond donors (Lipinski definition) is 1. The number of aryl methyl sites for hydroxylation is 2. The highest BCUT2D eigenvalue weighted by molar-refractivity contribution is 8.18. The Kier molecular flexibility index (Phi) is 5.22. The van der Waals surface area contributed by atoms with Gasteiger partial charge in [0.2, 0.25) is 0 Å². The molecule has 1 amide bonds. The predicted octanol–water partition coefficient (Wildman–Crippen LogP) is 4.93. The van der Waals surface area contributed by atoms with Crippen LogP contribution >= 0.6 is 11.8 Å². The van der Waals surface area contributed by atoms with Crippen molar-refractivity contribution in [2.45, 2.75) is 26.7 Å². The van der Waals surface area contributed by atoms with Crippen molar-refractivity contribution in [1.82, 2.24) is 5.32 Å². The Bertz CT molecular complexity index is 976. The lowest BCUT2D eigenvalue weighted by Gasteiger charge is -2.19. The third kappa shape index (κ3) is 3.97. The van der Waals surface area contributed by atoms with E-state index in [0.29, 0.717) is 15.8 Å². The van der Waals surface area contributed by atoms with Gasteiger partial charge in [-0.25, -0.2) is 9.38 Å². The highest BCUT2D eigenvalue weighted by Crippen LogP contribution is 2.31. The number of anilines is 1. The van der Waals surface area contributed by atoms with E-state index in [2.05, 4.69) is 15.2 Å². The van der Waals surface area contributed by atoms with Gasteiger partial charge in [0, 0.05) is 13.1 Å². The molecule has 2 aliphatic heterocycles. The van der Waals surface area contributed by atoms with Crippen molar-refractivity contribution in [2.75, 3.05) is 18.0 Å². The maximum atomic E-state index is 14.6. The largest absolute Gasteiger partial charge is 0.369 e. The molecule has 2 aliphatic rings. The zero-order valence-corrected chi connectivity index (χ0v) is 16.8. The lowest BCUT2D eigenvalue weighted by Crippen LogP contribution is -2.19. The summed E-state index contributed by atoms with van der Waals surface area (Å²) in [6.45, 7) is 5.76. The van der Waals surface area contributed by atoms with Crippen LogP contribution in [0.1, 0.15) is 29.5 Å². The van der Waals surface area contributed by atoms with Crippen LogP contribution in [0.3, 0.4) is 0 Å². The number of halogens is 1. The first-order valence-electron chi connectivity index (χ1n) is 9.41. The number of hydrogen-bond acceptors (Lipinski definition) is 4. The van der Waals surface area contributed by atoms with Crippen molar-refractivity contribution in [1.29, 1.82) is 0 Å². The summed E-state index contributed by atoms with van der Waals surface area (Å²) in [6.07, 6.45) is 3.94. The average molecular weight is 396 g/mol. The molecule has 1 N–H and O–H groups in total. The van der Waals surface area contributed by atoms with Crippen LogP contribution in [0.2, 0.25) is 0 Å². The Labute approximate surface area is 168 Å². The number of nitrogens with zero attached hydrogens (tertiary/aromatic N) is 2. The lowest BCUT2D eigenvalue weighted by atomic mass is 10.1. The van der Waals surface area contributed by atoms with Gasteiger partial charge in [-0.05, 0) is 79.9 Å². The van der Waals surface area contributed by atoms with Crippen molar-refractivity contribution >= 4 is 40.3 Å². The average Bonchev–Trinajstić information content (AvgIpc) is 3.30. The zero-order valence-electron chi connectivity index (χ0n) is 16.0. The summed E-state index contributed by atoms with van der Waals surface area (Å²) >= 11 is 1.27.